The van der Waals surface area contributed by atoms with E-state index in [9.17, 15) is 0 Å². The fourth-order valence-electron chi connectivity index (χ4n) is 1.12. The lowest BCUT2D eigenvalue weighted by Gasteiger charge is -2.04. The summed E-state index contributed by atoms with van der Waals surface area (Å²) in [5.74, 6) is 0.942. The highest BCUT2D eigenvalue weighted by atomic mass is 16.5. The number of rotatable bonds is 2. The van der Waals surface area contributed by atoms with Gasteiger partial charge in [-0.1, -0.05) is 32.6 Å². The van der Waals surface area contributed by atoms with E-state index in [1.807, 2.05) is 39.0 Å². The first kappa shape index (κ1) is 13.0. The summed E-state index contributed by atoms with van der Waals surface area (Å²) >= 11 is 0. The van der Waals surface area contributed by atoms with Gasteiger partial charge in [-0.15, -0.1) is 0 Å². The van der Waals surface area contributed by atoms with Gasteiger partial charge in [-0.25, -0.2) is 0 Å². The first-order valence-electron chi connectivity index (χ1n) is 5.20. The van der Waals surface area contributed by atoms with Crippen molar-refractivity contribution in [2.75, 3.05) is 19.7 Å². The molecule has 1 heterocycles. The number of hydrogen-bond donors (Lipinski definition) is 1. The van der Waals surface area contributed by atoms with Crippen molar-refractivity contribution in [1.82, 2.24) is 5.32 Å². The van der Waals surface area contributed by atoms with E-state index in [1.54, 1.807) is 0 Å². The molecule has 2 nitrogen and oxygen atoms in total. The molecule has 1 N–H and O–H groups in total. The van der Waals surface area contributed by atoms with E-state index in [0.717, 1.165) is 31.0 Å². The highest BCUT2D eigenvalue weighted by Gasteiger charge is 2.05. The third-order valence-corrected chi connectivity index (χ3v) is 1.73. The quantitative estimate of drug-likeness (QED) is 0.731. The van der Waals surface area contributed by atoms with Crippen LogP contribution in [-0.4, -0.2) is 19.7 Å². The largest absolute Gasteiger partial charge is 0.492 e. The maximum absolute atomic E-state index is 5.51. The number of nitrogens with one attached hydrogen (secondary N) is 1. The van der Waals surface area contributed by atoms with Crippen LogP contribution in [0.25, 0.3) is 0 Å². The Morgan fingerprint density at radius 1 is 1.43 bits per heavy atom. The van der Waals surface area contributed by atoms with Crippen LogP contribution < -0.4 is 5.32 Å². The van der Waals surface area contributed by atoms with Gasteiger partial charge in [0, 0.05) is 18.7 Å². The Bertz CT molecular complexity index is 216. The molecule has 2 heteroatoms. The summed E-state index contributed by atoms with van der Waals surface area (Å²) in [7, 11) is 0. The van der Waals surface area contributed by atoms with Crippen LogP contribution in [0.3, 0.4) is 0 Å². The second-order valence-corrected chi connectivity index (χ2v) is 2.62. The van der Waals surface area contributed by atoms with Crippen molar-refractivity contribution >= 4 is 0 Å². The van der Waals surface area contributed by atoms with E-state index in [2.05, 4.69) is 11.9 Å². The minimum absolute atomic E-state index is 0.733. The molecular formula is C12H21NO. The smallest absolute Gasteiger partial charge is 0.123 e. The molecule has 0 aliphatic carbocycles. The molecule has 0 spiro atoms. The van der Waals surface area contributed by atoms with Gasteiger partial charge < -0.3 is 10.1 Å². The Morgan fingerprint density at radius 2 is 2.14 bits per heavy atom. The van der Waals surface area contributed by atoms with Crippen LogP contribution in [0, 0.1) is 0 Å². The number of allylic oxidation sites excluding steroid dienone is 2. The van der Waals surface area contributed by atoms with Crippen LogP contribution >= 0.6 is 0 Å². The minimum Gasteiger partial charge on any atom is -0.492 e. The molecule has 14 heavy (non-hydrogen) atoms. The Labute approximate surface area is 87.3 Å². The lowest BCUT2D eigenvalue weighted by Crippen LogP contribution is -2.17. The average Bonchev–Trinajstić information content (AvgIpc) is 2.47. The SMILES string of the molecule is C=CC1=C(/C=C\C)OCCNC1.CC. The molecule has 0 saturated carbocycles. The summed E-state index contributed by atoms with van der Waals surface area (Å²) in [6.45, 7) is 12.2. The van der Waals surface area contributed by atoms with Gasteiger partial charge >= 0.3 is 0 Å². The van der Waals surface area contributed by atoms with Crippen molar-refractivity contribution in [2.24, 2.45) is 0 Å². The molecule has 0 bridgehead atoms. The molecule has 0 unspecified atom stereocenters. The Hall–Kier alpha value is -1.02. The molecular weight excluding hydrogens is 174 g/mol. The number of hydrogen-bond acceptors (Lipinski definition) is 2. The summed E-state index contributed by atoms with van der Waals surface area (Å²) in [6, 6.07) is 0. The van der Waals surface area contributed by atoms with E-state index in [4.69, 9.17) is 4.74 Å². The lowest BCUT2D eigenvalue weighted by atomic mass is 10.2. The molecule has 0 fully saturated rings. The first-order chi connectivity index (χ1) is 6.88. The first-order valence-corrected chi connectivity index (χ1v) is 5.20. The molecule has 0 radical (unpaired) electrons. The van der Waals surface area contributed by atoms with E-state index in [1.165, 1.54) is 0 Å². The van der Waals surface area contributed by atoms with Gasteiger partial charge in [-0.05, 0) is 13.0 Å². The molecule has 0 aromatic rings. The maximum Gasteiger partial charge on any atom is 0.123 e. The van der Waals surface area contributed by atoms with Crippen molar-refractivity contribution in [3.8, 4) is 0 Å². The zero-order valence-electron chi connectivity index (χ0n) is 9.47. The van der Waals surface area contributed by atoms with Gasteiger partial charge in [0.15, 0.2) is 0 Å². The fraction of sp³-hybridized carbons (Fsp3) is 0.500. The minimum atomic E-state index is 0.733. The van der Waals surface area contributed by atoms with Gasteiger partial charge in [0.05, 0.1) is 0 Å². The summed E-state index contributed by atoms with van der Waals surface area (Å²) in [5.41, 5.74) is 1.13. The van der Waals surface area contributed by atoms with Crippen LogP contribution in [0.15, 0.2) is 36.1 Å². The summed E-state index contributed by atoms with van der Waals surface area (Å²) < 4.78 is 5.51. The summed E-state index contributed by atoms with van der Waals surface area (Å²) in [5, 5.41) is 3.25. The van der Waals surface area contributed by atoms with Gasteiger partial charge in [0.1, 0.15) is 12.4 Å². The van der Waals surface area contributed by atoms with Crippen LogP contribution in [0.4, 0.5) is 0 Å². The Morgan fingerprint density at radius 3 is 2.71 bits per heavy atom. The van der Waals surface area contributed by atoms with Crippen LogP contribution in [0.2, 0.25) is 0 Å². The molecule has 80 valence electrons. The molecule has 1 aliphatic heterocycles. The van der Waals surface area contributed by atoms with Gasteiger partial charge in [0.25, 0.3) is 0 Å². The normalized spacial score (nSPS) is 16.8. The Kier molecular flexibility index (Phi) is 7.95. The molecule has 0 atom stereocenters. The molecule has 0 aromatic heterocycles. The molecule has 0 aromatic carbocycles. The van der Waals surface area contributed by atoms with Crippen molar-refractivity contribution in [3.63, 3.8) is 0 Å². The lowest BCUT2D eigenvalue weighted by molar-refractivity contribution is 0.232. The van der Waals surface area contributed by atoms with Gasteiger partial charge in [-0.2, -0.15) is 0 Å². The third-order valence-electron chi connectivity index (χ3n) is 1.73. The van der Waals surface area contributed by atoms with Crippen molar-refractivity contribution in [3.05, 3.63) is 36.1 Å². The van der Waals surface area contributed by atoms with Gasteiger partial charge in [-0.3, -0.25) is 0 Å². The maximum atomic E-state index is 5.51. The van der Waals surface area contributed by atoms with Crippen LogP contribution in [0.5, 0.6) is 0 Å². The fourth-order valence-corrected chi connectivity index (χ4v) is 1.12. The average molecular weight is 195 g/mol. The van der Waals surface area contributed by atoms with Crippen molar-refractivity contribution in [1.29, 1.82) is 0 Å². The van der Waals surface area contributed by atoms with E-state index in [0.29, 0.717) is 0 Å². The molecule has 0 amide bonds. The van der Waals surface area contributed by atoms with Crippen LogP contribution in [-0.2, 0) is 4.74 Å². The van der Waals surface area contributed by atoms with Crippen molar-refractivity contribution in [2.45, 2.75) is 20.8 Å². The standard InChI is InChI=1S/C10H15NO.C2H6/c1-3-5-10-9(4-2)8-11-6-7-12-10;1-2/h3-5,11H,2,6-8H2,1H3;1-2H3/b5-3-;. The topological polar surface area (TPSA) is 21.3 Å². The summed E-state index contributed by atoms with van der Waals surface area (Å²) in [6.07, 6.45) is 5.79. The highest BCUT2D eigenvalue weighted by Crippen LogP contribution is 2.10. The summed E-state index contributed by atoms with van der Waals surface area (Å²) in [4.78, 5) is 0. The highest BCUT2D eigenvalue weighted by molar-refractivity contribution is 5.29. The molecule has 0 saturated heterocycles. The van der Waals surface area contributed by atoms with E-state index >= 15 is 0 Å². The second kappa shape index (κ2) is 8.57. The van der Waals surface area contributed by atoms with Crippen LogP contribution in [0.1, 0.15) is 20.8 Å². The zero-order chi connectivity index (χ0) is 10.8. The monoisotopic (exact) mass is 195 g/mol. The van der Waals surface area contributed by atoms with E-state index < -0.39 is 0 Å². The Balaban J connectivity index is 0.000000791. The number of ether oxygens (including phenoxy) is 1. The predicted octanol–water partition coefficient (Wildman–Crippen LogP) is 2.65. The van der Waals surface area contributed by atoms with E-state index in [-0.39, 0.29) is 0 Å². The van der Waals surface area contributed by atoms with Crippen molar-refractivity contribution < 1.29 is 4.74 Å². The van der Waals surface area contributed by atoms with Gasteiger partial charge in [0.2, 0.25) is 0 Å². The second-order valence-electron chi connectivity index (χ2n) is 2.62. The third kappa shape index (κ3) is 4.28. The zero-order valence-corrected chi connectivity index (χ0v) is 9.47. The molecule has 1 rings (SSSR count). The molecule has 1 aliphatic rings. The predicted molar refractivity (Wildman–Crippen MR) is 62.2 cm³/mol.